The Labute approximate surface area is 255 Å². The van der Waals surface area contributed by atoms with Gasteiger partial charge in [0.2, 0.25) is 0 Å². The van der Waals surface area contributed by atoms with E-state index in [9.17, 15) is 23.2 Å². The van der Waals surface area contributed by atoms with Gasteiger partial charge in [0.05, 0.1) is 23.1 Å². The van der Waals surface area contributed by atoms with E-state index in [0.717, 1.165) is 45.9 Å². The van der Waals surface area contributed by atoms with Crippen molar-refractivity contribution in [2.45, 2.75) is 64.1 Å². The van der Waals surface area contributed by atoms with E-state index >= 15 is 0 Å². The molecule has 0 amide bonds. The number of allylic oxidation sites excluding steroid dienone is 3. The second-order valence-electron chi connectivity index (χ2n) is 12.1. The summed E-state index contributed by atoms with van der Waals surface area (Å²) < 4.78 is 40.0. The Morgan fingerprint density at radius 2 is 1.70 bits per heavy atom. The van der Waals surface area contributed by atoms with E-state index in [0.29, 0.717) is 29.8 Å². The highest BCUT2D eigenvalue weighted by molar-refractivity contribution is 7.97. The van der Waals surface area contributed by atoms with Crippen molar-refractivity contribution in [3.8, 4) is 6.07 Å². The molecule has 0 spiro atoms. The number of Topliss-reactive ketones (excluding diaryl/α,β-unsaturated/α-hetero) is 1. The Bertz CT molecular complexity index is 1670. The first-order valence-electron chi connectivity index (χ1n) is 14.2. The van der Waals surface area contributed by atoms with Crippen molar-refractivity contribution in [2.75, 3.05) is 4.90 Å². The van der Waals surface area contributed by atoms with Gasteiger partial charge in [-0.15, -0.1) is 0 Å². The molecule has 1 unspecified atom stereocenters. The Morgan fingerprint density at radius 1 is 1.02 bits per heavy atom. The van der Waals surface area contributed by atoms with Gasteiger partial charge in [-0.3, -0.25) is 9.69 Å². The van der Waals surface area contributed by atoms with E-state index < -0.39 is 23.1 Å². The SMILES string of the molecule is Cc1cc(CSCc2ccccc2)c(C)c(C2C(C#N)=C(N)N(c3ccc(C(F)(F)F)cc3)C3=C2C(=O)CC(C)(C)C3)c1. The average Bonchev–Trinajstić information content (AvgIpc) is 2.94. The van der Waals surface area contributed by atoms with Gasteiger partial charge in [-0.05, 0) is 72.2 Å². The minimum Gasteiger partial charge on any atom is -0.384 e. The fourth-order valence-electron chi connectivity index (χ4n) is 6.18. The standard InChI is InChI=1S/C35H34F3N3OS/c1-21-14-24(20-43-19-23-8-6-5-7-9-23)22(2)27(15-21)31-28(18-39)33(40)41(26-12-10-25(11-13-26)35(36,37)38)29-16-34(3,4)17-30(42)32(29)31/h5-15,31H,16-17,19-20,40H2,1-4H3. The molecule has 0 radical (unpaired) electrons. The molecule has 4 nitrogen and oxygen atoms in total. The fraction of sp³-hybridized carbons (Fsp3) is 0.314. The second kappa shape index (κ2) is 11.6. The molecule has 222 valence electrons. The third-order valence-corrected chi connectivity index (χ3v) is 9.27. The molecule has 0 fully saturated rings. The molecule has 2 aliphatic rings. The lowest BCUT2D eigenvalue weighted by Gasteiger charge is -2.44. The number of hydrogen-bond donors (Lipinski definition) is 1. The van der Waals surface area contributed by atoms with Crippen molar-refractivity contribution in [3.63, 3.8) is 0 Å². The number of nitrogens with two attached hydrogens (primary N) is 1. The van der Waals surface area contributed by atoms with Crippen molar-refractivity contribution in [1.29, 1.82) is 5.26 Å². The fourth-order valence-corrected chi connectivity index (χ4v) is 7.23. The Morgan fingerprint density at radius 3 is 2.33 bits per heavy atom. The number of ketones is 1. The molecule has 0 aromatic heterocycles. The number of benzene rings is 3. The molecular formula is C35H34F3N3OS. The summed E-state index contributed by atoms with van der Waals surface area (Å²) in [6.45, 7) is 8.02. The number of thioether (sulfide) groups is 1. The lowest BCUT2D eigenvalue weighted by Crippen LogP contribution is -2.42. The predicted molar refractivity (Wildman–Crippen MR) is 166 cm³/mol. The number of nitriles is 1. The normalized spacial score (nSPS) is 18.5. The maximum Gasteiger partial charge on any atom is 0.416 e. The summed E-state index contributed by atoms with van der Waals surface area (Å²) in [7, 11) is 0. The molecule has 5 rings (SSSR count). The van der Waals surface area contributed by atoms with Gasteiger partial charge in [0, 0.05) is 34.9 Å². The summed E-state index contributed by atoms with van der Waals surface area (Å²) >= 11 is 1.80. The van der Waals surface area contributed by atoms with Gasteiger partial charge in [0.1, 0.15) is 5.82 Å². The number of alkyl halides is 3. The zero-order valence-electron chi connectivity index (χ0n) is 24.7. The number of anilines is 1. The number of nitrogens with zero attached hydrogens (tertiary/aromatic N) is 2. The van der Waals surface area contributed by atoms with Crippen LogP contribution in [-0.2, 0) is 22.5 Å². The lowest BCUT2D eigenvalue weighted by atomic mass is 9.68. The largest absolute Gasteiger partial charge is 0.416 e. The van der Waals surface area contributed by atoms with Crippen LogP contribution >= 0.6 is 11.8 Å². The quantitative estimate of drug-likeness (QED) is 0.306. The van der Waals surface area contributed by atoms with Crippen LogP contribution in [0.5, 0.6) is 0 Å². The summed E-state index contributed by atoms with van der Waals surface area (Å²) in [4.78, 5) is 15.6. The number of aryl methyl sites for hydroxylation is 1. The summed E-state index contributed by atoms with van der Waals surface area (Å²) in [5, 5.41) is 10.5. The van der Waals surface area contributed by atoms with E-state index in [1.54, 1.807) is 16.7 Å². The van der Waals surface area contributed by atoms with Gasteiger partial charge in [-0.1, -0.05) is 61.9 Å². The van der Waals surface area contributed by atoms with Crippen LogP contribution in [-0.4, -0.2) is 5.78 Å². The van der Waals surface area contributed by atoms with Crippen LogP contribution in [0.25, 0.3) is 0 Å². The van der Waals surface area contributed by atoms with Gasteiger partial charge in [0.15, 0.2) is 5.78 Å². The van der Waals surface area contributed by atoms with Gasteiger partial charge in [-0.2, -0.15) is 30.2 Å². The van der Waals surface area contributed by atoms with E-state index in [2.05, 4.69) is 24.3 Å². The third-order valence-electron chi connectivity index (χ3n) is 8.21. The van der Waals surface area contributed by atoms with Crippen molar-refractivity contribution in [2.24, 2.45) is 11.1 Å². The first-order chi connectivity index (χ1) is 20.3. The minimum absolute atomic E-state index is 0.0747. The predicted octanol–water partition coefficient (Wildman–Crippen LogP) is 8.70. The average molecular weight is 602 g/mol. The Balaban J connectivity index is 1.62. The van der Waals surface area contributed by atoms with E-state index in [4.69, 9.17) is 5.73 Å². The van der Waals surface area contributed by atoms with Crippen LogP contribution in [0.3, 0.4) is 0 Å². The number of hydrogen-bond acceptors (Lipinski definition) is 5. The van der Waals surface area contributed by atoms with Crippen molar-refractivity contribution >= 4 is 23.2 Å². The smallest absolute Gasteiger partial charge is 0.384 e. The highest BCUT2D eigenvalue weighted by atomic mass is 32.2. The molecule has 0 bridgehead atoms. The van der Waals surface area contributed by atoms with Crippen LogP contribution in [0.15, 0.2) is 89.4 Å². The van der Waals surface area contributed by atoms with E-state index in [1.165, 1.54) is 17.7 Å². The third kappa shape index (κ3) is 6.09. The van der Waals surface area contributed by atoms with Crippen molar-refractivity contribution in [1.82, 2.24) is 0 Å². The molecule has 0 saturated carbocycles. The first kappa shape index (κ1) is 30.5. The zero-order chi connectivity index (χ0) is 31.1. The molecule has 0 saturated heterocycles. The van der Waals surface area contributed by atoms with Crippen LogP contribution in [0.4, 0.5) is 18.9 Å². The highest BCUT2D eigenvalue weighted by Gasteiger charge is 2.45. The van der Waals surface area contributed by atoms with Crippen LogP contribution in [0.2, 0.25) is 0 Å². The Kier molecular flexibility index (Phi) is 8.24. The monoisotopic (exact) mass is 601 g/mol. The van der Waals surface area contributed by atoms with Crippen molar-refractivity contribution < 1.29 is 18.0 Å². The molecule has 3 aromatic rings. The van der Waals surface area contributed by atoms with Crippen molar-refractivity contribution in [3.05, 3.63) is 123 Å². The first-order valence-corrected chi connectivity index (χ1v) is 15.3. The molecule has 2 N–H and O–H groups in total. The number of carbonyl (C=O) groups excluding carboxylic acids is 1. The maximum atomic E-state index is 14.0. The molecule has 3 aromatic carbocycles. The summed E-state index contributed by atoms with van der Waals surface area (Å²) in [5.74, 6) is 1.01. The van der Waals surface area contributed by atoms with Crippen LogP contribution < -0.4 is 10.6 Å². The second-order valence-corrected chi connectivity index (χ2v) is 13.1. The number of halogens is 3. The van der Waals surface area contributed by atoms with Gasteiger partial charge < -0.3 is 5.73 Å². The molecule has 1 aliphatic heterocycles. The summed E-state index contributed by atoms with van der Waals surface area (Å²) in [6.07, 6.45) is -3.71. The number of carbonyl (C=O) groups is 1. The maximum absolute atomic E-state index is 14.0. The van der Waals surface area contributed by atoms with Crippen LogP contribution in [0.1, 0.15) is 66.0 Å². The molecule has 43 heavy (non-hydrogen) atoms. The molecule has 8 heteroatoms. The van der Waals surface area contributed by atoms with E-state index in [1.807, 2.05) is 52.0 Å². The minimum atomic E-state index is -4.49. The summed E-state index contributed by atoms with van der Waals surface area (Å²) in [6, 6.07) is 21.4. The lowest BCUT2D eigenvalue weighted by molar-refractivity contribution is -0.137. The van der Waals surface area contributed by atoms with Gasteiger partial charge in [-0.25, -0.2) is 0 Å². The molecule has 1 atom stereocenters. The summed E-state index contributed by atoms with van der Waals surface area (Å²) in [5.41, 5.74) is 12.6. The number of rotatable bonds is 6. The highest BCUT2D eigenvalue weighted by Crippen LogP contribution is 2.51. The molecular weight excluding hydrogens is 567 g/mol. The van der Waals surface area contributed by atoms with Crippen LogP contribution in [0, 0.1) is 30.6 Å². The molecule has 1 aliphatic carbocycles. The van der Waals surface area contributed by atoms with E-state index in [-0.39, 0.29) is 17.2 Å². The Hall–Kier alpha value is -3.96. The van der Waals surface area contributed by atoms with Gasteiger partial charge >= 0.3 is 6.18 Å². The van der Waals surface area contributed by atoms with Gasteiger partial charge in [0.25, 0.3) is 0 Å². The molecule has 1 heterocycles. The zero-order valence-corrected chi connectivity index (χ0v) is 25.5. The topological polar surface area (TPSA) is 70.1 Å².